The molecule has 0 bridgehead atoms. The van der Waals surface area contributed by atoms with E-state index >= 15 is 0 Å². The second kappa shape index (κ2) is 9.36. The number of nitrogens with zero attached hydrogens (tertiary/aromatic N) is 1. The Morgan fingerprint density at radius 1 is 1.08 bits per heavy atom. The molecule has 128 valence electrons. The summed E-state index contributed by atoms with van der Waals surface area (Å²) in [5.74, 6) is 0. The van der Waals surface area contributed by atoms with Crippen molar-refractivity contribution < 1.29 is 0 Å². The molecule has 0 saturated carbocycles. The average Bonchev–Trinajstić information content (AvgIpc) is 2.45. The van der Waals surface area contributed by atoms with Gasteiger partial charge in [-0.15, -0.1) is 0 Å². The Bertz CT molecular complexity index is 685. The number of nitriles is 1. The van der Waals surface area contributed by atoms with E-state index in [9.17, 15) is 5.26 Å². The lowest BCUT2D eigenvalue weighted by atomic mass is 10.0. The van der Waals surface area contributed by atoms with Gasteiger partial charge < -0.3 is 16.0 Å². The Labute approximate surface area is 155 Å². The standard InChI is InChI=1S/C18H24N4S2/c1-11(2)20-17(23)15(10-19)16(22-18(24)21-12(3)4)14-8-6-7-13(5)9-14/h6-9,11-12H,1-5H3,(H,20,23)(H2,21,22,24)/b16-15-. The summed E-state index contributed by atoms with van der Waals surface area (Å²) >= 11 is 10.8. The number of benzene rings is 1. The zero-order chi connectivity index (χ0) is 18.3. The highest BCUT2D eigenvalue weighted by Crippen LogP contribution is 2.18. The van der Waals surface area contributed by atoms with E-state index in [4.69, 9.17) is 24.4 Å². The third kappa shape index (κ3) is 6.26. The van der Waals surface area contributed by atoms with Gasteiger partial charge in [0.1, 0.15) is 16.6 Å². The predicted octanol–water partition coefficient (Wildman–Crippen LogP) is 3.43. The summed E-state index contributed by atoms with van der Waals surface area (Å²) in [4.78, 5) is 0.406. The van der Waals surface area contributed by atoms with Crippen molar-refractivity contribution in [2.75, 3.05) is 0 Å². The molecule has 3 N–H and O–H groups in total. The quantitative estimate of drug-likeness (QED) is 0.425. The molecule has 6 heteroatoms. The molecule has 0 aliphatic carbocycles. The molecule has 0 spiro atoms. The lowest BCUT2D eigenvalue weighted by Gasteiger charge is -2.19. The van der Waals surface area contributed by atoms with E-state index in [0.29, 0.717) is 21.4 Å². The van der Waals surface area contributed by atoms with E-state index < -0.39 is 0 Å². The molecule has 0 aromatic heterocycles. The van der Waals surface area contributed by atoms with Crippen molar-refractivity contribution in [1.29, 1.82) is 5.26 Å². The first-order chi connectivity index (χ1) is 11.2. The van der Waals surface area contributed by atoms with Gasteiger partial charge in [0.05, 0.1) is 5.70 Å². The van der Waals surface area contributed by atoms with Crippen LogP contribution in [0.5, 0.6) is 0 Å². The van der Waals surface area contributed by atoms with E-state index in [1.807, 2.05) is 58.9 Å². The second-order valence-electron chi connectivity index (χ2n) is 6.11. The molecule has 1 rings (SSSR count). The molecule has 1 aromatic rings. The van der Waals surface area contributed by atoms with Crippen LogP contribution in [0.3, 0.4) is 0 Å². The molecular weight excluding hydrogens is 336 g/mol. The molecule has 0 heterocycles. The fourth-order valence-electron chi connectivity index (χ4n) is 2.05. The van der Waals surface area contributed by atoms with E-state index in [2.05, 4.69) is 22.0 Å². The van der Waals surface area contributed by atoms with Crippen LogP contribution in [0.4, 0.5) is 0 Å². The number of rotatable bonds is 5. The highest BCUT2D eigenvalue weighted by molar-refractivity contribution is 7.81. The van der Waals surface area contributed by atoms with Crippen molar-refractivity contribution in [3.8, 4) is 6.07 Å². The Kier molecular flexibility index (Phi) is 7.83. The fourth-order valence-corrected chi connectivity index (χ4v) is 2.77. The summed E-state index contributed by atoms with van der Waals surface area (Å²) in [6.07, 6.45) is 0. The lowest BCUT2D eigenvalue weighted by Crippen LogP contribution is -2.39. The molecule has 0 amide bonds. The summed E-state index contributed by atoms with van der Waals surface area (Å²) in [6, 6.07) is 10.4. The molecule has 4 nitrogen and oxygen atoms in total. The topological polar surface area (TPSA) is 59.9 Å². The maximum absolute atomic E-state index is 9.67. The van der Waals surface area contributed by atoms with Crippen molar-refractivity contribution >= 4 is 40.2 Å². The van der Waals surface area contributed by atoms with Gasteiger partial charge in [0.25, 0.3) is 0 Å². The van der Waals surface area contributed by atoms with Crippen LogP contribution >= 0.6 is 24.4 Å². The van der Waals surface area contributed by atoms with Crippen LogP contribution in [-0.4, -0.2) is 22.2 Å². The molecular formula is C18H24N4S2. The molecule has 0 radical (unpaired) electrons. The van der Waals surface area contributed by atoms with Crippen LogP contribution in [0.2, 0.25) is 0 Å². The zero-order valence-corrected chi connectivity index (χ0v) is 16.4. The summed E-state index contributed by atoms with van der Waals surface area (Å²) in [5.41, 5.74) is 2.94. The van der Waals surface area contributed by atoms with Crippen molar-refractivity contribution in [2.45, 2.75) is 46.7 Å². The largest absolute Gasteiger partial charge is 0.373 e. The lowest BCUT2D eigenvalue weighted by molar-refractivity contribution is 0.729. The Balaban J connectivity index is 3.35. The SMILES string of the molecule is Cc1cccc(/C(NC(=S)NC(C)C)=C(\C#N)C(=S)NC(C)C)c1. The van der Waals surface area contributed by atoms with Gasteiger partial charge in [-0.2, -0.15) is 5.26 Å². The van der Waals surface area contributed by atoms with Crippen LogP contribution in [0.1, 0.15) is 38.8 Å². The predicted molar refractivity (Wildman–Crippen MR) is 109 cm³/mol. The third-order valence-electron chi connectivity index (χ3n) is 2.97. The molecule has 0 aliphatic heterocycles. The Morgan fingerprint density at radius 2 is 1.71 bits per heavy atom. The molecule has 24 heavy (non-hydrogen) atoms. The first-order valence-electron chi connectivity index (χ1n) is 7.84. The number of nitrogens with one attached hydrogen (secondary N) is 3. The minimum Gasteiger partial charge on any atom is -0.373 e. The average molecular weight is 361 g/mol. The van der Waals surface area contributed by atoms with Gasteiger partial charge in [-0.1, -0.05) is 36.0 Å². The molecule has 0 saturated heterocycles. The van der Waals surface area contributed by atoms with Crippen LogP contribution in [-0.2, 0) is 0 Å². The van der Waals surface area contributed by atoms with Crippen molar-refractivity contribution in [3.05, 3.63) is 41.0 Å². The summed E-state index contributed by atoms with van der Waals surface area (Å²) < 4.78 is 0. The zero-order valence-electron chi connectivity index (χ0n) is 14.7. The van der Waals surface area contributed by atoms with E-state index in [1.165, 1.54) is 0 Å². The van der Waals surface area contributed by atoms with Gasteiger partial charge in [-0.3, -0.25) is 0 Å². The number of thiocarbonyl (C=S) groups is 2. The highest BCUT2D eigenvalue weighted by atomic mass is 32.1. The number of aryl methyl sites for hydroxylation is 1. The maximum Gasteiger partial charge on any atom is 0.171 e. The van der Waals surface area contributed by atoms with Crippen molar-refractivity contribution in [2.24, 2.45) is 0 Å². The molecule has 0 unspecified atom stereocenters. The number of hydrogen-bond donors (Lipinski definition) is 3. The van der Waals surface area contributed by atoms with Crippen molar-refractivity contribution in [3.63, 3.8) is 0 Å². The van der Waals surface area contributed by atoms with E-state index in [1.54, 1.807) is 0 Å². The third-order valence-corrected chi connectivity index (χ3v) is 3.52. The van der Waals surface area contributed by atoms with E-state index in [0.717, 1.165) is 11.1 Å². The van der Waals surface area contributed by atoms with Gasteiger partial charge in [-0.25, -0.2) is 0 Å². The maximum atomic E-state index is 9.67. The van der Waals surface area contributed by atoms with Gasteiger partial charge in [0.2, 0.25) is 0 Å². The first kappa shape index (κ1) is 20.1. The van der Waals surface area contributed by atoms with Gasteiger partial charge in [0, 0.05) is 12.1 Å². The Hall–Kier alpha value is -1.97. The molecule has 0 fully saturated rings. The molecule has 1 aromatic carbocycles. The fraction of sp³-hybridized carbons (Fsp3) is 0.389. The van der Waals surface area contributed by atoms with E-state index in [-0.39, 0.29) is 12.1 Å². The number of hydrogen-bond acceptors (Lipinski definition) is 3. The van der Waals surface area contributed by atoms with Crippen molar-refractivity contribution in [1.82, 2.24) is 16.0 Å². The highest BCUT2D eigenvalue weighted by Gasteiger charge is 2.16. The monoisotopic (exact) mass is 360 g/mol. The van der Waals surface area contributed by atoms with Gasteiger partial charge >= 0.3 is 0 Å². The van der Waals surface area contributed by atoms with Gasteiger partial charge in [-0.05, 0) is 58.5 Å². The normalized spacial score (nSPS) is 11.6. The summed E-state index contributed by atoms with van der Waals surface area (Å²) in [6.45, 7) is 9.96. The minimum atomic E-state index is 0.139. The van der Waals surface area contributed by atoms with Crippen LogP contribution in [0.25, 0.3) is 5.70 Å². The summed E-state index contributed by atoms with van der Waals surface area (Å²) in [7, 11) is 0. The smallest absolute Gasteiger partial charge is 0.171 e. The van der Waals surface area contributed by atoms with Crippen LogP contribution in [0, 0.1) is 18.3 Å². The molecule has 0 atom stereocenters. The minimum absolute atomic E-state index is 0.139. The second-order valence-corrected chi connectivity index (χ2v) is 6.93. The Morgan fingerprint density at radius 3 is 2.21 bits per heavy atom. The van der Waals surface area contributed by atoms with Crippen LogP contribution < -0.4 is 16.0 Å². The summed E-state index contributed by atoms with van der Waals surface area (Å²) in [5, 5.41) is 19.5. The first-order valence-corrected chi connectivity index (χ1v) is 8.66. The van der Waals surface area contributed by atoms with Crippen LogP contribution in [0.15, 0.2) is 29.8 Å². The molecule has 0 aliphatic rings. The van der Waals surface area contributed by atoms with Gasteiger partial charge in [0.15, 0.2) is 5.11 Å².